The normalized spacial score (nSPS) is 18.2. The predicted molar refractivity (Wildman–Crippen MR) is 141 cm³/mol. The van der Waals surface area contributed by atoms with Crippen LogP contribution in [-0.2, 0) is 4.74 Å². The molecule has 1 fully saturated rings. The van der Waals surface area contributed by atoms with Gasteiger partial charge in [0.15, 0.2) is 5.65 Å². The van der Waals surface area contributed by atoms with Gasteiger partial charge in [-0.15, -0.1) is 0 Å². The van der Waals surface area contributed by atoms with Crippen molar-refractivity contribution in [1.82, 2.24) is 24.4 Å². The van der Waals surface area contributed by atoms with Crippen molar-refractivity contribution < 1.29 is 18.3 Å². The number of nitrogen functional groups attached to an aromatic ring is 1. The van der Waals surface area contributed by atoms with Crippen molar-refractivity contribution >= 4 is 28.9 Å². The van der Waals surface area contributed by atoms with Crippen LogP contribution in [0.25, 0.3) is 22.4 Å². The molecule has 0 spiro atoms. The molecule has 3 aromatic rings. The van der Waals surface area contributed by atoms with E-state index in [1.807, 2.05) is 13.8 Å². The van der Waals surface area contributed by atoms with E-state index in [4.69, 9.17) is 10.5 Å². The van der Waals surface area contributed by atoms with E-state index in [0.717, 1.165) is 0 Å². The van der Waals surface area contributed by atoms with Gasteiger partial charge in [-0.2, -0.15) is 4.98 Å². The predicted octanol–water partition coefficient (Wildman–Crippen LogP) is 4.16. The van der Waals surface area contributed by atoms with Crippen LogP contribution in [0, 0.1) is 11.7 Å². The zero-order chi connectivity index (χ0) is 27.8. The second-order valence-corrected chi connectivity index (χ2v) is 10.9. The standard InChI is InChI=1S/C26H33F2N7O3/c1-14(2)35-22-20(32-21(23(35)36)16-6-7-19(29)18(28)9-16)11-30-24(33-22)31-17-8-15(10-27)12-34(13-17)25(37)38-26(3,4)5/h6-7,9,11,14-15,17H,8,10,12-13,29H2,1-5H3,(H,30,31,33)/t15-,17-/m0/s1. The van der Waals surface area contributed by atoms with E-state index in [9.17, 15) is 18.4 Å². The zero-order valence-electron chi connectivity index (χ0n) is 22.2. The van der Waals surface area contributed by atoms with Crippen molar-refractivity contribution in [3.8, 4) is 11.3 Å². The highest BCUT2D eigenvalue weighted by molar-refractivity contribution is 5.75. The molecule has 2 aromatic heterocycles. The number of ether oxygens (including phenoxy) is 1. The number of halogens is 2. The summed E-state index contributed by atoms with van der Waals surface area (Å²) in [6.07, 6.45) is 1.43. The fraction of sp³-hybridized carbons (Fsp3) is 0.500. The number of nitrogens with two attached hydrogens (primary N) is 1. The van der Waals surface area contributed by atoms with Crippen LogP contribution in [-0.4, -0.2) is 61.9 Å². The molecule has 4 rings (SSSR count). The molecule has 0 unspecified atom stereocenters. The molecule has 1 aliphatic rings. The van der Waals surface area contributed by atoms with Gasteiger partial charge in [-0.1, -0.05) is 6.07 Å². The number of hydrogen-bond acceptors (Lipinski definition) is 8. The van der Waals surface area contributed by atoms with E-state index >= 15 is 0 Å². The van der Waals surface area contributed by atoms with Crippen molar-refractivity contribution in [2.75, 3.05) is 30.8 Å². The molecule has 12 heteroatoms. The lowest BCUT2D eigenvalue weighted by Crippen LogP contribution is -2.50. The largest absolute Gasteiger partial charge is 0.444 e. The lowest BCUT2D eigenvalue weighted by atomic mass is 9.95. The number of carbonyl (C=O) groups is 1. The smallest absolute Gasteiger partial charge is 0.410 e. The molecule has 0 saturated carbocycles. The minimum atomic E-state index is -0.672. The minimum absolute atomic E-state index is 0.0271. The van der Waals surface area contributed by atoms with E-state index in [0.29, 0.717) is 23.1 Å². The molecular formula is C26H33F2N7O3. The van der Waals surface area contributed by atoms with E-state index in [-0.39, 0.29) is 48.4 Å². The first-order valence-electron chi connectivity index (χ1n) is 12.5. The minimum Gasteiger partial charge on any atom is -0.444 e. The number of nitrogens with zero attached hydrogens (tertiary/aromatic N) is 5. The second-order valence-electron chi connectivity index (χ2n) is 10.9. The van der Waals surface area contributed by atoms with Crippen LogP contribution in [0.15, 0.2) is 29.2 Å². The van der Waals surface area contributed by atoms with Gasteiger partial charge in [0.2, 0.25) is 5.95 Å². The van der Waals surface area contributed by atoms with Crippen LogP contribution in [0.1, 0.15) is 47.1 Å². The van der Waals surface area contributed by atoms with Crippen LogP contribution in [0.4, 0.5) is 25.2 Å². The van der Waals surface area contributed by atoms with Crippen LogP contribution in [0.3, 0.4) is 0 Å². The first kappa shape index (κ1) is 27.2. The van der Waals surface area contributed by atoms with Crippen molar-refractivity contribution in [3.63, 3.8) is 0 Å². The summed E-state index contributed by atoms with van der Waals surface area (Å²) in [7, 11) is 0. The molecule has 1 aliphatic heterocycles. The second kappa shape index (κ2) is 10.5. The SMILES string of the molecule is CC(C)n1c(=O)c(-c2ccc(N)c(F)c2)nc2cnc(N[C@H]3C[C@@H](CF)CN(C(=O)OC(C)(C)C)C3)nc21. The number of anilines is 2. The number of rotatable bonds is 5. The molecule has 3 N–H and O–H groups in total. The Hall–Kier alpha value is -3.83. The van der Waals surface area contributed by atoms with Gasteiger partial charge in [0.25, 0.3) is 5.56 Å². The van der Waals surface area contributed by atoms with Gasteiger partial charge in [0, 0.05) is 36.7 Å². The van der Waals surface area contributed by atoms with Gasteiger partial charge in [0.05, 0.1) is 18.6 Å². The molecular weight excluding hydrogens is 496 g/mol. The molecule has 1 aromatic carbocycles. The number of nitrogens with one attached hydrogen (secondary N) is 1. The Balaban J connectivity index is 1.67. The maximum atomic E-state index is 14.1. The fourth-order valence-electron chi connectivity index (χ4n) is 4.49. The number of carbonyl (C=O) groups excluding carboxylic acids is 1. The summed E-state index contributed by atoms with van der Waals surface area (Å²) in [6, 6.07) is 3.47. The van der Waals surface area contributed by atoms with Gasteiger partial charge in [-0.3, -0.25) is 13.8 Å². The quantitative estimate of drug-likeness (QED) is 0.472. The number of alkyl halides is 1. The molecule has 1 amide bonds. The average molecular weight is 530 g/mol. The molecule has 1 saturated heterocycles. The zero-order valence-corrected chi connectivity index (χ0v) is 22.2. The van der Waals surface area contributed by atoms with Gasteiger partial charge < -0.3 is 20.7 Å². The summed E-state index contributed by atoms with van der Waals surface area (Å²) in [5.41, 5.74) is 5.43. The molecule has 0 radical (unpaired) electrons. The first-order chi connectivity index (χ1) is 17.9. The lowest BCUT2D eigenvalue weighted by molar-refractivity contribution is 0.0139. The number of fused-ring (bicyclic) bond motifs is 1. The van der Waals surface area contributed by atoms with E-state index in [1.54, 1.807) is 20.8 Å². The summed E-state index contributed by atoms with van der Waals surface area (Å²) in [5, 5.41) is 3.19. The molecule has 3 heterocycles. The van der Waals surface area contributed by atoms with E-state index in [2.05, 4.69) is 20.3 Å². The van der Waals surface area contributed by atoms with Crippen molar-refractivity contribution in [2.24, 2.45) is 5.92 Å². The Morgan fingerprint density at radius 1 is 1.26 bits per heavy atom. The number of likely N-dealkylation sites (tertiary alicyclic amines) is 1. The third-order valence-electron chi connectivity index (χ3n) is 6.16. The molecule has 0 aliphatic carbocycles. The molecule has 10 nitrogen and oxygen atoms in total. The van der Waals surface area contributed by atoms with Crippen molar-refractivity contribution in [3.05, 3.63) is 40.6 Å². The van der Waals surface area contributed by atoms with Crippen LogP contribution >= 0.6 is 0 Å². The van der Waals surface area contributed by atoms with Gasteiger partial charge in [0.1, 0.15) is 22.6 Å². The first-order valence-corrected chi connectivity index (χ1v) is 12.5. The summed E-state index contributed by atoms with van der Waals surface area (Å²) in [6.45, 7) is 8.94. The Labute approximate surface area is 219 Å². The summed E-state index contributed by atoms with van der Waals surface area (Å²) in [4.78, 5) is 40.9. The van der Waals surface area contributed by atoms with Crippen LogP contribution in [0.2, 0.25) is 0 Å². The number of piperidine rings is 1. The Kier molecular flexibility index (Phi) is 7.52. The summed E-state index contributed by atoms with van der Waals surface area (Å²) in [5.74, 6) is -0.796. The Bertz CT molecular complexity index is 1400. The molecule has 204 valence electrons. The van der Waals surface area contributed by atoms with E-state index in [1.165, 1.54) is 33.9 Å². The molecule has 38 heavy (non-hydrogen) atoms. The maximum Gasteiger partial charge on any atom is 0.410 e. The van der Waals surface area contributed by atoms with Crippen LogP contribution < -0.4 is 16.6 Å². The third-order valence-corrected chi connectivity index (χ3v) is 6.16. The number of amides is 1. The number of benzene rings is 1. The van der Waals surface area contributed by atoms with E-state index < -0.39 is 29.7 Å². The lowest BCUT2D eigenvalue weighted by Gasteiger charge is -2.37. The van der Waals surface area contributed by atoms with Crippen molar-refractivity contribution in [1.29, 1.82) is 0 Å². The fourth-order valence-corrected chi connectivity index (χ4v) is 4.49. The summed E-state index contributed by atoms with van der Waals surface area (Å²) >= 11 is 0. The molecule has 2 atom stereocenters. The Morgan fingerprint density at radius 2 is 2.00 bits per heavy atom. The van der Waals surface area contributed by atoms with Gasteiger partial charge in [-0.05, 0) is 53.2 Å². The number of hydrogen-bond donors (Lipinski definition) is 2. The topological polar surface area (TPSA) is 128 Å². The monoisotopic (exact) mass is 529 g/mol. The van der Waals surface area contributed by atoms with Crippen LogP contribution in [0.5, 0.6) is 0 Å². The highest BCUT2D eigenvalue weighted by Gasteiger charge is 2.33. The highest BCUT2D eigenvalue weighted by Crippen LogP contribution is 2.25. The maximum absolute atomic E-state index is 14.1. The van der Waals surface area contributed by atoms with Gasteiger partial charge in [-0.25, -0.2) is 19.2 Å². The Morgan fingerprint density at radius 3 is 2.63 bits per heavy atom. The number of aromatic nitrogens is 4. The highest BCUT2D eigenvalue weighted by atomic mass is 19.1. The third kappa shape index (κ3) is 5.84. The molecule has 0 bridgehead atoms. The average Bonchev–Trinajstić information content (AvgIpc) is 2.84. The van der Waals surface area contributed by atoms with Gasteiger partial charge >= 0.3 is 6.09 Å². The summed E-state index contributed by atoms with van der Waals surface area (Å²) < 4.78 is 34.7. The van der Waals surface area contributed by atoms with Crippen molar-refractivity contribution in [2.45, 2.75) is 58.7 Å².